The fourth-order valence-electron chi connectivity index (χ4n) is 1.83. The Kier molecular flexibility index (Phi) is 3.87. The number of aliphatic imine (C=N–C) groups is 1. The molecule has 0 aliphatic rings. The third-order valence-electron chi connectivity index (χ3n) is 2.56. The Bertz CT molecular complexity index is 608. The Labute approximate surface area is 106 Å². The van der Waals surface area contributed by atoms with Crippen LogP contribution in [0.4, 0.5) is 0 Å². The van der Waals surface area contributed by atoms with E-state index >= 15 is 0 Å². The fourth-order valence-corrected chi connectivity index (χ4v) is 1.83. The van der Waals surface area contributed by atoms with Crippen molar-refractivity contribution < 1.29 is 4.74 Å². The standard InChI is InChI=1S/C14H13N3O/c1-2-18-14(17-10-15)9-11-5-3-7-13-12(11)6-4-8-16-13/h3-8H,2,9H2,1H3. The zero-order valence-corrected chi connectivity index (χ0v) is 10.1. The Morgan fingerprint density at radius 3 is 3.06 bits per heavy atom. The summed E-state index contributed by atoms with van der Waals surface area (Å²) in [5.74, 6) is 0.441. The third kappa shape index (κ3) is 2.64. The summed E-state index contributed by atoms with van der Waals surface area (Å²) in [6.07, 6.45) is 4.04. The van der Waals surface area contributed by atoms with Crippen molar-refractivity contribution in [3.8, 4) is 6.19 Å². The molecule has 1 heterocycles. The van der Waals surface area contributed by atoms with Crippen LogP contribution in [0.1, 0.15) is 12.5 Å². The van der Waals surface area contributed by atoms with Crippen molar-refractivity contribution in [3.05, 3.63) is 42.1 Å². The number of hydrogen-bond acceptors (Lipinski definition) is 4. The summed E-state index contributed by atoms with van der Waals surface area (Å²) in [6.45, 7) is 2.38. The number of pyridine rings is 1. The van der Waals surface area contributed by atoms with Gasteiger partial charge in [-0.25, -0.2) is 0 Å². The summed E-state index contributed by atoms with van der Waals surface area (Å²) < 4.78 is 5.34. The van der Waals surface area contributed by atoms with E-state index in [2.05, 4.69) is 9.98 Å². The third-order valence-corrected chi connectivity index (χ3v) is 2.56. The van der Waals surface area contributed by atoms with E-state index in [1.165, 1.54) is 0 Å². The molecule has 1 aromatic carbocycles. The molecule has 0 saturated carbocycles. The lowest BCUT2D eigenvalue weighted by Crippen LogP contribution is -2.08. The van der Waals surface area contributed by atoms with Gasteiger partial charge in [0, 0.05) is 11.6 Å². The highest BCUT2D eigenvalue weighted by molar-refractivity contribution is 5.88. The van der Waals surface area contributed by atoms with Gasteiger partial charge in [-0.15, -0.1) is 4.99 Å². The molecule has 0 N–H and O–H groups in total. The summed E-state index contributed by atoms with van der Waals surface area (Å²) in [4.78, 5) is 7.99. The molecule has 0 aliphatic heterocycles. The van der Waals surface area contributed by atoms with Crippen molar-refractivity contribution in [3.63, 3.8) is 0 Å². The SMILES string of the molecule is CCOC(Cc1cccc2ncccc12)=NC#N. The molecule has 0 fully saturated rings. The van der Waals surface area contributed by atoms with Gasteiger partial charge in [0.15, 0.2) is 0 Å². The number of rotatable bonds is 3. The number of ether oxygens (including phenoxy) is 1. The summed E-state index contributed by atoms with van der Waals surface area (Å²) in [5, 5.41) is 9.69. The Balaban J connectivity index is 2.37. The van der Waals surface area contributed by atoms with Crippen LogP contribution in [-0.4, -0.2) is 17.5 Å². The van der Waals surface area contributed by atoms with Gasteiger partial charge >= 0.3 is 0 Å². The van der Waals surface area contributed by atoms with E-state index in [0.717, 1.165) is 16.5 Å². The second-order valence-corrected chi connectivity index (χ2v) is 3.70. The first-order chi connectivity index (χ1) is 8.85. The topological polar surface area (TPSA) is 58.3 Å². The molecular formula is C14H13N3O. The van der Waals surface area contributed by atoms with Crippen LogP contribution in [0.15, 0.2) is 41.5 Å². The predicted octanol–water partition coefficient (Wildman–Crippen LogP) is 2.69. The average molecular weight is 239 g/mol. The van der Waals surface area contributed by atoms with Crippen molar-refractivity contribution in [1.29, 1.82) is 5.26 Å². The van der Waals surface area contributed by atoms with Gasteiger partial charge in [-0.1, -0.05) is 18.2 Å². The molecule has 4 nitrogen and oxygen atoms in total. The molecular weight excluding hydrogens is 226 g/mol. The van der Waals surface area contributed by atoms with Gasteiger partial charge in [0.2, 0.25) is 12.1 Å². The fraction of sp³-hybridized carbons (Fsp3) is 0.214. The van der Waals surface area contributed by atoms with Crippen molar-refractivity contribution in [2.24, 2.45) is 4.99 Å². The van der Waals surface area contributed by atoms with Crippen molar-refractivity contribution in [2.45, 2.75) is 13.3 Å². The molecule has 0 atom stereocenters. The molecule has 0 unspecified atom stereocenters. The number of hydrogen-bond donors (Lipinski definition) is 0. The van der Waals surface area contributed by atoms with Crippen LogP contribution >= 0.6 is 0 Å². The molecule has 4 heteroatoms. The van der Waals surface area contributed by atoms with Crippen LogP contribution in [0.3, 0.4) is 0 Å². The maximum atomic E-state index is 8.62. The van der Waals surface area contributed by atoms with Gasteiger partial charge in [0.05, 0.1) is 18.5 Å². The van der Waals surface area contributed by atoms with E-state index in [1.807, 2.05) is 37.3 Å². The first-order valence-electron chi connectivity index (χ1n) is 5.76. The van der Waals surface area contributed by atoms with E-state index in [9.17, 15) is 0 Å². The van der Waals surface area contributed by atoms with Crippen LogP contribution in [0, 0.1) is 11.5 Å². The summed E-state index contributed by atoms with van der Waals surface area (Å²) in [7, 11) is 0. The van der Waals surface area contributed by atoms with Gasteiger partial charge in [-0.05, 0) is 24.6 Å². The highest BCUT2D eigenvalue weighted by atomic mass is 16.5. The summed E-state index contributed by atoms with van der Waals surface area (Å²) >= 11 is 0. The second-order valence-electron chi connectivity index (χ2n) is 3.70. The number of fused-ring (bicyclic) bond motifs is 1. The van der Waals surface area contributed by atoms with Crippen molar-refractivity contribution >= 4 is 16.8 Å². The van der Waals surface area contributed by atoms with Crippen molar-refractivity contribution in [2.75, 3.05) is 6.61 Å². The average Bonchev–Trinajstić information content (AvgIpc) is 2.40. The number of nitriles is 1. The molecule has 2 rings (SSSR count). The molecule has 1 aromatic heterocycles. The summed E-state index contributed by atoms with van der Waals surface area (Å²) in [5.41, 5.74) is 1.99. The van der Waals surface area contributed by atoms with Crippen LogP contribution in [0.2, 0.25) is 0 Å². The highest BCUT2D eigenvalue weighted by Crippen LogP contribution is 2.17. The predicted molar refractivity (Wildman–Crippen MR) is 70.1 cm³/mol. The smallest absolute Gasteiger partial charge is 0.208 e. The molecule has 0 radical (unpaired) electrons. The molecule has 18 heavy (non-hydrogen) atoms. The Hall–Kier alpha value is -2.41. The molecule has 0 saturated heterocycles. The van der Waals surface area contributed by atoms with Crippen LogP contribution < -0.4 is 0 Å². The minimum atomic E-state index is 0.441. The zero-order valence-electron chi connectivity index (χ0n) is 10.1. The molecule has 0 spiro atoms. The lowest BCUT2D eigenvalue weighted by Gasteiger charge is -2.08. The number of aromatic nitrogens is 1. The number of nitrogens with zero attached hydrogens (tertiary/aromatic N) is 3. The van der Waals surface area contributed by atoms with E-state index in [4.69, 9.17) is 10.00 Å². The zero-order chi connectivity index (χ0) is 12.8. The van der Waals surface area contributed by atoms with Crippen LogP contribution in [-0.2, 0) is 11.2 Å². The minimum Gasteiger partial charge on any atom is -0.480 e. The second kappa shape index (κ2) is 5.78. The molecule has 0 amide bonds. The Morgan fingerprint density at radius 1 is 1.39 bits per heavy atom. The molecule has 0 aliphatic carbocycles. The summed E-state index contributed by atoms with van der Waals surface area (Å²) in [6, 6.07) is 9.80. The first kappa shape index (κ1) is 12.1. The maximum absolute atomic E-state index is 8.62. The van der Waals surface area contributed by atoms with E-state index < -0.39 is 0 Å². The van der Waals surface area contributed by atoms with Gasteiger partial charge in [0.25, 0.3) is 0 Å². The van der Waals surface area contributed by atoms with Crippen molar-refractivity contribution in [1.82, 2.24) is 4.98 Å². The van der Waals surface area contributed by atoms with E-state index in [0.29, 0.717) is 18.9 Å². The van der Waals surface area contributed by atoms with Gasteiger partial charge in [-0.2, -0.15) is 5.26 Å². The normalized spacial score (nSPS) is 11.2. The maximum Gasteiger partial charge on any atom is 0.208 e. The van der Waals surface area contributed by atoms with Gasteiger partial charge in [0.1, 0.15) is 0 Å². The first-order valence-corrected chi connectivity index (χ1v) is 5.76. The number of benzene rings is 1. The van der Waals surface area contributed by atoms with E-state index in [-0.39, 0.29) is 0 Å². The van der Waals surface area contributed by atoms with Crippen LogP contribution in [0.25, 0.3) is 10.9 Å². The van der Waals surface area contributed by atoms with E-state index in [1.54, 1.807) is 12.4 Å². The minimum absolute atomic E-state index is 0.441. The molecule has 2 aromatic rings. The van der Waals surface area contributed by atoms with Gasteiger partial charge in [-0.3, -0.25) is 4.98 Å². The quantitative estimate of drug-likeness (QED) is 0.470. The van der Waals surface area contributed by atoms with Crippen LogP contribution in [0.5, 0.6) is 0 Å². The molecule has 90 valence electrons. The Morgan fingerprint density at radius 2 is 2.28 bits per heavy atom. The monoisotopic (exact) mass is 239 g/mol. The highest BCUT2D eigenvalue weighted by Gasteiger charge is 2.06. The lowest BCUT2D eigenvalue weighted by molar-refractivity contribution is 0.320. The lowest BCUT2D eigenvalue weighted by atomic mass is 10.1. The van der Waals surface area contributed by atoms with Gasteiger partial charge < -0.3 is 4.74 Å². The molecule has 0 bridgehead atoms. The largest absolute Gasteiger partial charge is 0.480 e.